The molecule has 0 fully saturated rings. The third-order valence-electron chi connectivity index (χ3n) is 2.97. The summed E-state index contributed by atoms with van der Waals surface area (Å²) in [7, 11) is 1.67. The average Bonchev–Trinajstić information content (AvgIpc) is 2.33. The quantitative estimate of drug-likeness (QED) is 0.711. The molecule has 0 saturated heterocycles. The summed E-state index contributed by atoms with van der Waals surface area (Å²) >= 11 is 9.56. The van der Waals surface area contributed by atoms with Crippen molar-refractivity contribution in [3.05, 3.63) is 21.6 Å². The molecule has 1 N–H and O–H groups in total. The minimum absolute atomic E-state index is 0.462. The molecule has 1 aromatic rings. The molecule has 0 bridgehead atoms. The van der Waals surface area contributed by atoms with Crippen molar-refractivity contribution in [2.24, 2.45) is 0 Å². The van der Waals surface area contributed by atoms with Crippen LogP contribution in [0.2, 0.25) is 5.02 Å². The summed E-state index contributed by atoms with van der Waals surface area (Å²) in [6.45, 7) is 4.41. The Hall–Kier alpha value is -0.410. The van der Waals surface area contributed by atoms with Crippen molar-refractivity contribution in [2.45, 2.75) is 45.6 Å². The molecule has 102 valence electrons. The first kappa shape index (κ1) is 15.6. The molecule has 0 aliphatic rings. The van der Waals surface area contributed by atoms with Crippen LogP contribution in [0, 0.1) is 0 Å². The maximum Gasteiger partial charge on any atom is 0.156 e. The number of ether oxygens (including phenoxy) is 1. The van der Waals surface area contributed by atoms with Crippen LogP contribution in [0.4, 0.5) is 5.69 Å². The third-order valence-corrected chi connectivity index (χ3v) is 3.78. The molecule has 2 nitrogen and oxygen atoms in total. The van der Waals surface area contributed by atoms with Crippen molar-refractivity contribution in [3.8, 4) is 5.75 Å². The molecule has 1 atom stereocenters. The number of methoxy groups -OCH3 is 1. The molecule has 0 heterocycles. The fraction of sp³-hybridized carbons (Fsp3) is 0.571. The van der Waals surface area contributed by atoms with Crippen molar-refractivity contribution < 1.29 is 4.74 Å². The van der Waals surface area contributed by atoms with Crippen molar-refractivity contribution in [1.82, 2.24) is 0 Å². The summed E-state index contributed by atoms with van der Waals surface area (Å²) in [6.07, 6.45) is 4.71. The first-order valence-corrected chi connectivity index (χ1v) is 7.59. The van der Waals surface area contributed by atoms with Crippen molar-refractivity contribution >= 4 is 33.2 Å². The molecule has 1 unspecified atom stereocenters. The predicted molar refractivity (Wildman–Crippen MR) is 82.9 cm³/mol. The van der Waals surface area contributed by atoms with Gasteiger partial charge in [-0.25, -0.2) is 0 Å². The van der Waals surface area contributed by atoms with Crippen LogP contribution in [0.15, 0.2) is 16.6 Å². The van der Waals surface area contributed by atoms with Crippen LogP contribution in [0.25, 0.3) is 0 Å². The van der Waals surface area contributed by atoms with E-state index < -0.39 is 0 Å². The largest absolute Gasteiger partial charge is 0.493 e. The number of benzene rings is 1. The maximum atomic E-state index is 6.08. The van der Waals surface area contributed by atoms with E-state index in [1.165, 1.54) is 19.3 Å². The molecule has 1 aromatic carbocycles. The molecule has 0 aliphatic heterocycles. The number of rotatable bonds is 7. The molecule has 0 aromatic heterocycles. The fourth-order valence-corrected chi connectivity index (χ4v) is 2.90. The van der Waals surface area contributed by atoms with Gasteiger partial charge in [-0.2, -0.15) is 0 Å². The lowest BCUT2D eigenvalue weighted by atomic mass is 10.1. The van der Waals surface area contributed by atoms with E-state index in [1.54, 1.807) is 7.11 Å². The number of unbranched alkanes of at least 4 members (excludes halogenated alkanes) is 1. The van der Waals surface area contributed by atoms with E-state index in [0.29, 0.717) is 11.1 Å². The van der Waals surface area contributed by atoms with Crippen LogP contribution in [-0.4, -0.2) is 13.2 Å². The van der Waals surface area contributed by atoms with Crippen molar-refractivity contribution in [3.63, 3.8) is 0 Å². The summed E-state index contributed by atoms with van der Waals surface area (Å²) in [6, 6.07) is 4.22. The van der Waals surface area contributed by atoms with Gasteiger partial charge < -0.3 is 10.1 Å². The Morgan fingerprint density at radius 2 is 2.11 bits per heavy atom. The molecule has 0 aliphatic carbocycles. The van der Waals surface area contributed by atoms with Gasteiger partial charge in [0.2, 0.25) is 0 Å². The van der Waals surface area contributed by atoms with Gasteiger partial charge in [-0.3, -0.25) is 0 Å². The lowest BCUT2D eigenvalue weighted by molar-refractivity contribution is 0.413. The minimum Gasteiger partial charge on any atom is -0.493 e. The van der Waals surface area contributed by atoms with Crippen LogP contribution in [0.1, 0.15) is 39.5 Å². The minimum atomic E-state index is 0.462. The lowest BCUT2D eigenvalue weighted by Crippen LogP contribution is -2.18. The molecular formula is C14H21BrClNO. The second-order valence-electron chi connectivity index (χ2n) is 4.36. The third kappa shape index (κ3) is 4.36. The molecular weight excluding hydrogens is 314 g/mol. The fourth-order valence-electron chi connectivity index (χ4n) is 1.92. The zero-order valence-electron chi connectivity index (χ0n) is 11.2. The standard InChI is InChI=1S/C14H21BrClNO/c1-4-6-7-11(5-2)17-13-9-10(16)8-12(15)14(13)18-3/h8-9,11,17H,4-7H2,1-3H3. The molecule has 0 saturated carbocycles. The van der Waals surface area contributed by atoms with Crippen molar-refractivity contribution in [2.75, 3.05) is 12.4 Å². The van der Waals surface area contributed by atoms with Crippen LogP contribution >= 0.6 is 27.5 Å². The van der Waals surface area contributed by atoms with Gasteiger partial charge in [0.25, 0.3) is 0 Å². The van der Waals surface area contributed by atoms with E-state index >= 15 is 0 Å². The molecule has 0 radical (unpaired) electrons. The van der Waals surface area contributed by atoms with E-state index in [4.69, 9.17) is 16.3 Å². The van der Waals surface area contributed by atoms with E-state index in [1.807, 2.05) is 12.1 Å². The topological polar surface area (TPSA) is 21.3 Å². The summed E-state index contributed by atoms with van der Waals surface area (Å²) in [5, 5.41) is 4.23. The van der Waals surface area contributed by atoms with Gasteiger partial charge in [-0.1, -0.05) is 38.3 Å². The summed E-state index contributed by atoms with van der Waals surface area (Å²) < 4.78 is 6.29. The highest BCUT2D eigenvalue weighted by molar-refractivity contribution is 9.10. The smallest absolute Gasteiger partial charge is 0.156 e. The number of nitrogens with one attached hydrogen (secondary N) is 1. The number of hydrogen-bond acceptors (Lipinski definition) is 2. The van der Waals surface area contributed by atoms with E-state index in [9.17, 15) is 0 Å². The predicted octanol–water partition coefficient (Wildman–Crippen LogP) is 5.49. The molecule has 0 spiro atoms. The Bertz CT molecular complexity index is 384. The summed E-state index contributed by atoms with van der Waals surface area (Å²) in [5.41, 5.74) is 0.958. The van der Waals surface area contributed by atoms with Crippen LogP contribution in [0.3, 0.4) is 0 Å². The van der Waals surface area contributed by atoms with Gasteiger partial charge in [0.1, 0.15) is 0 Å². The van der Waals surface area contributed by atoms with Crippen LogP contribution in [-0.2, 0) is 0 Å². The molecule has 18 heavy (non-hydrogen) atoms. The van der Waals surface area contributed by atoms with Crippen LogP contribution in [0.5, 0.6) is 5.75 Å². The molecule has 4 heteroatoms. The zero-order valence-corrected chi connectivity index (χ0v) is 13.6. The number of hydrogen-bond donors (Lipinski definition) is 1. The highest BCUT2D eigenvalue weighted by Gasteiger charge is 2.13. The summed E-state index contributed by atoms with van der Waals surface area (Å²) in [4.78, 5) is 0. The molecule has 1 rings (SSSR count). The Kier molecular flexibility index (Phi) is 6.87. The SMILES string of the molecule is CCCCC(CC)Nc1cc(Cl)cc(Br)c1OC. The van der Waals surface area contributed by atoms with Gasteiger partial charge in [-0.15, -0.1) is 0 Å². The van der Waals surface area contributed by atoms with Gasteiger partial charge in [-0.05, 0) is 40.9 Å². The van der Waals surface area contributed by atoms with E-state index in [2.05, 4.69) is 35.1 Å². The monoisotopic (exact) mass is 333 g/mol. The maximum absolute atomic E-state index is 6.08. The van der Waals surface area contributed by atoms with E-state index in [-0.39, 0.29) is 0 Å². The normalized spacial score (nSPS) is 12.3. The second-order valence-corrected chi connectivity index (χ2v) is 5.65. The lowest BCUT2D eigenvalue weighted by Gasteiger charge is -2.20. The zero-order chi connectivity index (χ0) is 13.5. The number of anilines is 1. The Morgan fingerprint density at radius 1 is 1.39 bits per heavy atom. The second kappa shape index (κ2) is 7.90. The average molecular weight is 335 g/mol. The van der Waals surface area contributed by atoms with Gasteiger partial charge in [0.05, 0.1) is 17.3 Å². The van der Waals surface area contributed by atoms with Gasteiger partial charge in [0, 0.05) is 11.1 Å². The van der Waals surface area contributed by atoms with Crippen molar-refractivity contribution in [1.29, 1.82) is 0 Å². The first-order valence-electron chi connectivity index (χ1n) is 6.41. The first-order chi connectivity index (χ1) is 8.62. The Morgan fingerprint density at radius 3 is 2.67 bits per heavy atom. The molecule has 0 amide bonds. The number of halogens is 2. The van der Waals surface area contributed by atoms with E-state index in [0.717, 1.165) is 22.3 Å². The van der Waals surface area contributed by atoms with Gasteiger partial charge >= 0.3 is 0 Å². The van der Waals surface area contributed by atoms with Crippen LogP contribution < -0.4 is 10.1 Å². The van der Waals surface area contributed by atoms with Gasteiger partial charge in [0.15, 0.2) is 5.75 Å². The summed E-state index contributed by atoms with van der Waals surface area (Å²) in [5.74, 6) is 0.814. The highest BCUT2D eigenvalue weighted by Crippen LogP contribution is 2.37. The Labute approximate surface area is 123 Å². The highest BCUT2D eigenvalue weighted by atomic mass is 79.9. The Balaban J connectivity index is 2.87.